The maximum atomic E-state index is 12.6. The molecule has 0 unspecified atom stereocenters. The Morgan fingerprint density at radius 2 is 1.44 bits per heavy atom. The van der Waals surface area contributed by atoms with Crippen molar-refractivity contribution in [3.63, 3.8) is 0 Å². The summed E-state index contributed by atoms with van der Waals surface area (Å²) in [6.45, 7) is 4.71. The van der Waals surface area contributed by atoms with E-state index in [-0.39, 0.29) is 18.5 Å². The molecule has 3 saturated heterocycles. The molecule has 0 aromatic heterocycles. The van der Waals surface area contributed by atoms with Crippen LogP contribution in [0.1, 0.15) is 37.7 Å². The van der Waals surface area contributed by atoms with Crippen molar-refractivity contribution in [1.82, 2.24) is 9.80 Å². The van der Waals surface area contributed by atoms with Gasteiger partial charge in [-0.05, 0) is 55.2 Å². The number of nitrogens with zero attached hydrogens (tertiary/aromatic N) is 3. The summed E-state index contributed by atoms with van der Waals surface area (Å²) in [5, 5.41) is 0. The Kier molecular flexibility index (Phi) is 6.94. The fourth-order valence-corrected chi connectivity index (χ4v) is 5.21. The molecular formula is C23H29F6N3O2. The fraction of sp³-hybridized carbons (Fsp3) is 0.696. The molecule has 0 aliphatic carbocycles. The van der Waals surface area contributed by atoms with Gasteiger partial charge in [0.2, 0.25) is 0 Å². The van der Waals surface area contributed by atoms with Crippen LogP contribution in [0.4, 0.5) is 36.8 Å². The Labute approximate surface area is 194 Å². The number of amides is 1. The van der Waals surface area contributed by atoms with Crippen LogP contribution < -0.4 is 4.90 Å². The van der Waals surface area contributed by atoms with Gasteiger partial charge in [-0.15, -0.1) is 0 Å². The molecule has 1 aromatic rings. The number of rotatable bonds is 4. The van der Waals surface area contributed by atoms with Gasteiger partial charge in [-0.2, -0.15) is 26.3 Å². The van der Waals surface area contributed by atoms with Crippen LogP contribution in [-0.4, -0.2) is 73.6 Å². The van der Waals surface area contributed by atoms with E-state index < -0.39 is 24.5 Å². The van der Waals surface area contributed by atoms with Gasteiger partial charge in [0.1, 0.15) is 0 Å². The minimum atomic E-state index is -5.70. The molecule has 1 aromatic carbocycles. The van der Waals surface area contributed by atoms with Crippen molar-refractivity contribution in [1.29, 1.82) is 0 Å². The van der Waals surface area contributed by atoms with E-state index in [1.54, 1.807) is 0 Å². The predicted octanol–water partition coefficient (Wildman–Crippen LogP) is 5.20. The molecule has 0 radical (unpaired) electrons. The van der Waals surface area contributed by atoms with Crippen molar-refractivity contribution in [3.8, 4) is 0 Å². The average molecular weight is 493 g/mol. The first-order valence-electron chi connectivity index (χ1n) is 11.6. The first-order chi connectivity index (χ1) is 16.0. The van der Waals surface area contributed by atoms with Crippen molar-refractivity contribution in [2.24, 2.45) is 5.41 Å². The van der Waals surface area contributed by atoms with Gasteiger partial charge in [0.25, 0.3) is 6.10 Å². The van der Waals surface area contributed by atoms with E-state index in [2.05, 4.69) is 38.8 Å². The van der Waals surface area contributed by atoms with Gasteiger partial charge in [0, 0.05) is 51.5 Å². The molecular weight excluding hydrogens is 464 g/mol. The summed E-state index contributed by atoms with van der Waals surface area (Å²) in [5.74, 6) is 0. The fourth-order valence-electron chi connectivity index (χ4n) is 5.21. The van der Waals surface area contributed by atoms with Crippen LogP contribution in [0.5, 0.6) is 0 Å². The van der Waals surface area contributed by atoms with Crippen molar-refractivity contribution in [2.45, 2.75) is 57.1 Å². The molecule has 0 atom stereocenters. The summed E-state index contributed by atoms with van der Waals surface area (Å²) >= 11 is 0. The summed E-state index contributed by atoms with van der Waals surface area (Å²) in [7, 11) is 0. The van der Waals surface area contributed by atoms with E-state index >= 15 is 0 Å². The van der Waals surface area contributed by atoms with E-state index in [9.17, 15) is 31.1 Å². The van der Waals surface area contributed by atoms with Crippen molar-refractivity contribution < 1.29 is 35.9 Å². The van der Waals surface area contributed by atoms with E-state index in [0.717, 1.165) is 37.6 Å². The number of carbonyl (C=O) groups is 1. The second-order valence-corrected chi connectivity index (χ2v) is 9.69. The number of alkyl halides is 6. The molecule has 0 saturated carbocycles. The minimum Gasteiger partial charge on any atom is -0.426 e. The molecule has 11 heteroatoms. The van der Waals surface area contributed by atoms with Gasteiger partial charge in [-0.1, -0.05) is 12.1 Å². The molecule has 0 N–H and O–H groups in total. The Morgan fingerprint density at radius 1 is 0.882 bits per heavy atom. The summed E-state index contributed by atoms with van der Waals surface area (Å²) in [6.07, 6.45) is -12.3. The summed E-state index contributed by atoms with van der Waals surface area (Å²) in [5.41, 5.74) is 2.38. The lowest BCUT2D eigenvalue weighted by Gasteiger charge is -2.54. The van der Waals surface area contributed by atoms with E-state index in [0.29, 0.717) is 12.8 Å². The smallest absolute Gasteiger partial charge is 0.426 e. The van der Waals surface area contributed by atoms with Crippen molar-refractivity contribution in [3.05, 3.63) is 29.8 Å². The van der Waals surface area contributed by atoms with Crippen LogP contribution in [-0.2, 0) is 11.3 Å². The van der Waals surface area contributed by atoms with Crippen molar-refractivity contribution in [2.75, 3.05) is 44.2 Å². The highest BCUT2D eigenvalue weighted by atomic mass is 19.4. The third-order valence-corrected chi connectivity index (χ3v) is 7.08. The standard InChI is InChI=1S/C23H29F6N3O2/c24-22(25,26)19(23(27,28)29)34-20(33)32-12-8-21(9-13-32)15-30(16-21)14-17-4-6-18(7-5-17)31-10-2-1-3-11-31/h4-7,19H,1-3,8-16H2. The molecule has 190 valence electrons. The van der Waals surface area contributed by atoms with Crippen LogP contribution in [0.2, 0.25) is 0 Å². The van der Waals surface area contributed by atoms with Gasteiger partial charge < -0.3 is 14.5 Å². The quantitative estimate of drug-likeness (QED) is 0.540. The Bertz CT molecular complexity index is 822. The van der Waals surface area contributed by atoms with Crippen LogP contribution in [0.25, 0.3) is 0 Å². The zero-order valence-corrected chi connectivity index (χ0v) is 18.8. The number of carbonyl (C=O) groups excluding carboxylic acids is 1. The monoisotopic (exact) mass is 493 g/mol. The summed E-state index contributed by atoms with van der Waals surface area (Å²) in [6, 6.07) is 8.56. The van der Waals surface area contributed by atoms with Gasteiger partial charge in [-0.3, -0.25) is 4.90 Å². The molecule has 3 heterocycles. The highest BCUT2D eigenvalue weighted by Gasteiger charge is 2.60. The van der Waals surface area contributed by atoms with Gasteiger partial charge in [0.05, 0.1) is 0 Å². The van der Waals surface area contributed by atoms with Crippen molar-refractivity contribution >= 4 is 11.8 Å². The molecule has 3 fully saturated rings. The number of benzene rings is 1. The Morgan fingerprint density at radius 3 is 1.97 bits per heavy atom. The molecule has 1 spiro atoms. The predicted molar refractivity (Wildman–Crippen MR) is 113 cm³/mol. The van der Waals surface area contributed by atoms with Crippen LogP contribution in [0.3, 0.4) is 0 Å². The zero-order valence-electron chi connectivity index (χ0n) is 18.8. The molecule has 34 heavy (non-hydrogen) atoms. The van der Waals surface area contributed by atoms with E-state index in [1.165, 1.54) is 30.5 Å². The topological polar surface area (TPSA) is 36.0 Å². The lowest BCUT2D eigenvalue weighted by molar-refractivity contribution is -0.308. The van der Waals surface area contributed by atoms with Crippen LogP contribution in [0, 0.1) is 5.41 Å². The molecule has 4 rings (SSSR count). The van der Waals surface area contributed by atoms with Crippen LogP contribution >= 0.6 is 0 Å². The Balaban J connectivity index is 1.23. The molecule has 3 aliphatic rings. The maximum absolute atomic E-state index is 12.6. The maximum Gasteiger partial charge on any atom is 0.434 e. The van der Waals surface area contributed by atoms with E-state index in [4.69, 9.17) is 0 Å². The van der Waals surface area contributed by atoms with Gasteiger partial charge >= 0.3 is 18.4 Å². The van der Waals surface area contributed by atoms with Gasteiger partial charge in [0.15, 0.2) is 0 Å². The number of hydrogen-bond acceptors (Lipinski definition) is 4. The van der Waals surface area contributed by atoms with Gasteiger partial charge in [-0.25, -0.2) is 4.79 Å². The Hall–Kier alpha value is -2.17. The number of piperidine rings is 2. The zero-order chi connectivity index (χ0) is 24.6. The van der Waals surface area contributed by atoms with E-state index in [1.807, 2.05) is 0 Å². The lowest BCUT2D eigenvalue weighted by atomic mass is 9.72. The normalized spacial score (nSPS) is 21.6. The highest BCUT2D eigenvalue weighted by Crippen LogP contribution is 2.42. The summed E-state index contributed by atoms with van der Waals surface area (Å²) in [4.78, 5) is 17.6. The lowest BCUT2D eigenvalue weighted by Crippen LogP contribution is -2.60. The number of likely N-dealkylation sites (tertiary alicyclic amines) is 2. The SMILES string of the molecule is O=C(OC(C(F)(F)F)C(F)(F)F)N1CCC2(CC1)CN(Cc1ccc(N3CCCCC3)cc1)C2. The number of halogens is 6. The number of hydrogen-bond donors (Lipinski definition) is 0. The molecule has 3 aliphatic heterocycles. The molecule has 1 amide bonds. The van der Waals surface area contributed by atoms with Crippen LogP contribution in [0.15, 0.2) is 24.3 Å². The number of ether oxygens (including phenoxy) is 1. The summed E-state index contributed by atoms with van der Waals surface area (Å²) < 4.78 is 79.7. The molecule has 0 bridgehead atoms. The second kappa shape index (κ2) is 9.47. The molecule has 5 nitrogen and oxygen atoms in total. The highest BCUT2D eigenvalue weighted by molar-refractivity contribution is 5.68. The third-order valence-electron chi connectivity index (χ3n) is 7.08. The first-order valence-corrected chi connectivity index (χ1v) is 11.6. The number of anilines is 1. The minimum absolute atomic E-state index is 0.0576. The first kappa shape index (κ1) is 24.9. The average Bonchev–Trinajstić information content (AvgIpc) is 2.76. The largest absolute Gasteiger partial charge is 0.434 e. The third kappa shape index (κ3) is 5.72. The second-order valence-electron chi connectivity index (χ2n) is 9.69.